The minimum atomic E-state index is -1.07. The van der Waals surface area contributed by atoms with Gasteiger partial charge in [-0.15, -0.1) is 0 Å². The lowest BCUT2D eigenvalue weighted by Gasteiger charge is -2.20. The first-order chi connectivity index (χ1) is 10.5. The van der Waals surface area contributed by atoms with Crippen molar-refractivity contribution in [3.63, 3.8) is 0 Å². The Hall–Kier alpha value is -2.41. The minimum Gasteiger partial charge on any atom is -0.480 e. The molecule has 1 aromatic carbocycles. The van der Waals surface area contributed by atoms with E-state index in [1.165, 1.54) is 24.1 Å². The molecule has 0 bridgehead atoms. The summed E-state index contributed by atoms with van der Waals surface area (Å²) in [5.41, 5.74) is 0.667. The number of carboxylic acid groups (broad SMARTS) is 1. The molecular weight excluding hydrogens is 291 g/mol. The topological polar surface area (TPSA) is 82.6 Å². The van der Waals surface area contributed by atoms with Gasteiger partial charge in [0.2, 0.25) is 0 Å². The fourth-order valence-electron chi connectivity index (χ4n) is 2.81. The van der Waals surface area contributed by atoms with Crippen molar-refractivity contribution in [1.29, 1.82) is 0 Å². The summed E-state index contributed by atoms with van der Waals surface area (Å²) in [5.74, 6) is -1.98. The van der Waals surface area contributed by atoms with E-state index >= 15 is 0 Å². The van der Waals surface area contributed by atoms with E-state index in [4.69, 9.17) is 4.74 Å². The normalized spacial score (nSPS) is 21.5. The Bertz CT molecular complexity index is 742. The van der Waals surface area contributed by atoms with Crippen molar-refractivity contribution >= 4 is 22.8 Å². The van der Waals surface area contributed by atoms with Gasteiger partial charge in [-0.1, -0.05) is 6.07 Å². The number of carbonyl (C=O) groups excluding carboxylic acids is 1. The number of aliphatic carboxylic acids is 1. The largest absolute Gasteiger partial charge is 0.480 e. The lowest BCUT2D eigenvalue weighted by Crippen LogP contribution is -2.40. The van der Waals surface area contributed by atoms with E-state index in [-0.39, 0.29) is 24.8 Å². The van der Waals surface area contributed by atoms with Gasteiger partial charge in [0.15, 0.2) is 0 Å². The number of H-pyrrole nitrogens is 1. The van der Waals surface area contributed by atoms with Gasteiger partial charge >= 0.3 is 5.97 Å². The molecular formula is C15H15FN2O4. The molecule has 116 valence electrons. The van der Waals surface area contributed by atoms with Gasteiger partial charge in [0.1, 0.15) is 17.6 Å². The van der Waals surface area contributed by atoms with Crippen LogP contribution in [-0.2, 0) is 9.53 Å². The first kappa shape index (κ1) is 14.5. The third-order valence-electron chi connectivity index (χ3n) is 3.98. The number of carbonyl (C=O) groups is 2. The van der Waals surface area contributed by atoms with E-state index in [0.717, 1.165) is 0 Å². The second kappa shape index (κ2) is 5.42. The average Bonchev–Trinajstić information content (AvgIpc) is 3.11. The quantitative estimate of drug-likeness (QED) is 0.902. The molecule has 2 heterocycles. The SMILES string of the molecule is COC1CC(C(=O)O)N(C(=O)c2cc3c(F)cccc3[nH]2)C1. The van der Waals surface area contributed by atoms with Gasteiger partial charge in [-0.2, -0.15) is 0 Å². The summed E-state index contributed by atoms with van der Waals surface area (Å²) in [6.45, 7) is 0.199. The third-order valence-corrected chi connectivity index (χ3v) is 3.98. The number of methoxy groups -OCH3 is 1. The van der Waals surface area contributed by atoms with E-state index in [1.807, 2.05) is 0 Å². The highest BCUT2D eigenvalue weighted by Gasteiger charge is 2.40. The van der Waals surface area contributed by atoms with Crippen molar-refractivity contribution < 1.29 is 23.8 Å². The van der Waals surface area contributed by atoms with Crippen molar-refractivity contribution in [2.75, 3.05) is 13.7 Å². The Kier molecular flexibility index (Phi) is 3.58. The number of aromatic nitrogens is 1. The highest BCUT2D eigenvalue weighted by atomic mass is 19.1. The van der Waals surface area contributed by atoms with E-state index in [2.05, 4.69) is 4.98 Å². The Morgan fingerprint density at radius 3 is 2.86 bits per heavy atom. The zero-order chi connectivity index (χ0) is 15.9. The summed E-state index contributed by atoms with van der Waals surface area (Å²) >= 11 is 0. The number of likely N-dealkylation sites (tertiary alicyclic amines) is 1. The van der Waals surface area contributed by atoms with Crippen molar-refractivity contribution in [2.45, 2.75) is 18.6 Å². The van der Waals surface area contributed by atoms with Crippen molar-refractivity contribution in [1.82, 2.24) is 9.88 Å². The van der Waals surface area contributed by atoms with Crippen LogP contribution in [0.3, 0.4) is 0 Å². The van der Waals surface area contributed by atoms with Crippen molar-refractivity contribution in [3.8, 4) is 0 Å². The van der Waals surface area contributed by atoms with Crippen LogP contribution in [-0.4, -0.2) is 52.7 Å². The number of halogens is 1. The third kappa shape index (κ3) is 2.33. The van der Waals surface area contributed by atoms with Crippen LogP contribution in [0.25, 0.3) is 10.9 Å². The monoisotopic (exact) mass is 306 g/mol. The van der Waals surface area contributed by atoms with Gasteiger partial charge in [0, 0.05) is 31.0 Å². The summed E-state index contributed by atoms with van der Waals surface area (Å²) in [7, 11) is 1.48. The number of nitrogens with one attached hydrogen (secondary N) is 1. The predicted octanol–water partition coefficient (Wildman–Crippen LogP) is 1.62. The number of nitrogens with zero attached hydrogens (tertiary/aromatic N) is 1. The molecule has 3 rings (SSSR count). The molecule has 1 amide bonds. The zero-order valence-electron chi connectivity index (χ0n) is 11.9. The van der Waals surface area contributed by atoms with Gasteiger partial charge < -0.3 is 19.7 Å². The average molecular weight is 306 g/mol. The molecule has 1 aliphatic rings. The van der Waals surface area contributed by atoms with Crippen LogP contribution in [0.4, 0.5) is 4.39 Å². The smallest absolute Gasteiger partial charge is 0.326 e. The van der Waals surface area contributed by atoms with Crippen LogP contribution in [0, 0.1) is 5.82 Å². The second-order valence-corrected chi connectivity index (χ2v) is 5.29. The van der Waals surface area contributed by atoms with Crippen LogP contribution >= 0.6 is 0 Å². The molecule has 2 aromatic rings. The van der Waals surface area contributed by atoms with Crippen LogP contribution in [0.1, 0.15) is 16.9 Å². The number of hydrogen-bond acceptors (Lipinski definition) is 3. The summed E-state index contributed by atoms with van der Waals surface area (Å²) in [6, 6.07) is 4.98. The van der Waals surface area contributed by atoms with Crippen LogP contribution in [0.2, 0.25) is 0 Å². The molecule has 2 unspecified atom stereocenters. The first-order valence-electron chi connectivity index (χ1n) is 6.85. The molecule has 22 heavy (non-hydrogen) atoms. The number of benzene rings is 1. The molecule has 0 radical (unpaired) electrons. The lowest BCUT2D eigenvalue weighted by atomic mass is 10.2. The second-order valence-electron chi connectivity index (χ2n) is 5.29. The molecule has 2 N–H and O–H groups in total. The number of fused-ring (bicyclic) bond motifs is 1. The van der Waals surface area contributed by atoms with Crippen LogP contribution in [0.15, 0.2) is 24.3 Å². The number of rotatable bonds is 3. The van der Waals surface area contributed by atoms with Gasteiger partial charge in [-0.3, -0.25) is 4.79 Å². The molecule has 0 aliphatic carbocycles. The number of amides is 1. The van der Waals surface area contributed by atoms with Crippen molar-refractivity contribution in [2.24, 2.45) is 0 Å². The molecule has 7 heteroatoms. The molecule has 1 saturated heterocycles. The van der Waals surface area contributed by atoms with Gasteiger partial charge in [0.05, 0.1) is 6.10 Å². The highest BCUT2D eigenvalue weighted by Crippen LogP contribution is 2.25. The fourth-order valence-corrected chi connectivity index (χ4v) is 2.81. The number of aromatic amines is 1. The molecule has 1 fully saturated rings. The molecule has 0 saturated carbocycles. The Morgan fingerprint density at radius 2 is 2.23 bits per heavy atom. The van der Waals surface area contributed by atoms with Crippen LogP contribution in [0.5, 0.6) is 0 Å². The molecule has 2 atom stereocenters. The molecule has 0 spiro atoms. The maximum absolute atomic E-state index is 13.7. The van der Waals surface area contributed by atoms with Gasteiger partial charge in [0.25, 0.3) is 5.91 Å². The lowest BCUT2D eigenvalue weighted by molar-refractivity contribution is -0.141. The minimum absolute atomic E-state index is 0.170. The molecule has 1 aromatic heterocycles. The first-order valence-corrected chi connectivity index (χ1v) is 6.85. The summed E-state index contributed by atoms with van der Waals surface area (Å²) in [5, 5.41) is 9.56. The molecule has 6 nitrogen and oxygen atoms in total. The molecule has 1 aliphatic heterocycles. The predicted molar refractivity (Wildman–Crippen MR) is 76.1 cm³/mol. The number of hydrogen-bond donors (Lipinski definition) is 2. The maximum atomic E-state index is 13.7. The summed E-state index contributed by atoms with van der Waals surface area (Å²) in [6.07, 6.45) is -0.0715. The van der Waals surface area contributed by atoms with Crippen molar-refractivity contribution in [3.05, 3.63) is 35.8 Å². The van der Waals surface area contributed by atoms with Crippen LogP contribution < -0.4 is 0 Å². The number of carboxylic acids is 1. The Labute approximate surface area is 125 Å². The van der Waals surface area contributed by atoms with Gasteiger partial charge in [-0.05, 0) is 18.2 Å². The Balaban J connectivity index is 1.94. The fraction of sp³-hybridized carbons (Fsp3) is 0.333. The van der Waals surface area contributed by atoms with E-state index < -0.39 is 23.7 Å². The van der Waals surface area contributed by atoms with Gasteiger partial charge in [-0.25, -0.2) is 9.18 Å². The van der Waals surface area contributed by atoms with E-state index in [1.54, 1.807) is 12.1 Å². The number of ether oxygens (including phenoxy) is 1. The standard InChI is InChI=1S/C15H15FN2O4/c1-22-8-5-13(15(20)21)18(7-8)14(19)12-6-9-10(16)3-2-4-11(9)17-12/h2-4,6,8,13,17H,5,7H2,1H3,(H,20,21). The maximum Gasteiger partial charge on any atom is 0.326 e. The Morgan fingerprint density at radius 1 is 1.45 bits per heavy atom. The van der Waals surface area contributed by atoms with E-state index in [0.29, 0.717) is 10.9 Å². The zero-order valence-corrected chi connectivity index (χ0v) is 11.9. The van der Waals surface area contributed by atoms with E-state index in [9.17, 15) is 19.1 Å². The summed E-state index contributed by atoms with van der Waals surface area (Å²) in [4.78, 5) is 28.0. The summed E-state index contributed by atoms with van der Waals surface area (Å²) < 4.78 is 18.9. The highest BCUT2D eigenvalue weighted by molar-refractivity contribution is 6.00.